The third-order valence-corrected chi connectivity index (χ3v) is 22.0. The van der Waals surface area contributed by atoms with Crippen molar-refractivity contribution in [3.63, 3.8) is 0 Å². The van der Waals surface area contributed by atoms with Crippen LogP contribution in [0, 0.1) is 5.92 Å². The van der Waals surface area contributed by atoms with Gasteiger partial charge in [0, 0.05) is 37.5 Å². The van der Waals surface area contributed by atoms with Crippen molar-refractivity contribution in [2.75, 3.05) is 62.7 Å². The molecule has 24 nitrogen and oxygen atoms in total. The van der Waals surface area contributed by atoms with Crippen molar-refractivity contribution in [2.24, 2.45) is 5.92 Å². The normalized spacial score (nSPS) is 18.7. The fourth-order valence-corrected chi connectivity index (χ4v) is 12.3. The van der Waals surface area contributed by atoms with Crippen molar-refractivity contribution >= 4 is 67.3 Å². The van der Waals surface area contributed by atoms with E-state index >= 15 is 0 Å². The highest BCUT2D eigenvalue weighted by Crippen LogP contribution is 2.44. The third-order valence-electron chi connectivity index (χ3n) is 17.5. The summed E-state index contributed by atoms with van der Waals surface area (Å²) in [7, 11) is 0.768. The molecule has 0 bridgehead atoms. The lowest BCUT2D eigenvalue weighted by Gasteiger charge is -2.39. The van der Waals surface area contributed by atoms with Gasteiger partial charge in [-0.3, -0.25) is 24.5 Å². The lowest BCUT2D eigenvalue weighted by Crippen LogP contribution is -2.54. The van der Waals surface area contributed by atoms with Gasteiger partial charge in [0.1, 0.15) is 44.1 Å². The number of carbonyl (C=O) groups is 7. The number of alkyl carbamates (subject to hydrolysis) is 1. The fraction of sp³-hybridized carbons (Fsp3) is 0.529. The predicted octanol–water partition coefficient (Wildman–Crippen LogP) is 11.8. The molecule has 7 amide bonds. The second kappa shape index (κ2) is 31.9. The monoisotopic (exact) mass is 1330 g/mol. The number of nitrogens with zero attached hydrogens (tertiary/aromatic N) is 3. The van der Waals surface area contributed by atoms with Gasteiger partial charge >= 0.3 is 18.3 Å². The molecule has 4 aromatic carbocycles. The van der Waals surface area contributed by atoms with E-state index in [9.17, 15) is 33.6 Å². The van der Waals surface area contributed by atoms with Crippen molar-refractivity contribution in [2.45, 2.75) is 187 Å². The van der Waals surface area contributed by atoms with Gasteiger partial charge in [0.15, 0.2) is 43.8 Å². The van der Waals surface area contributed by atoms with Gasteiger partial charge in [0.2, 0.25) is 11.8 Å². The topological polar surface area (TPSA) is 270 Å². The smallest absolute Gasteiger partial charge is 0.417 e. The maximum Gasteiger partial charge on any atom is 0.417 e. The first-order chi connectivity index (χ1) is 45.1. The van der Waals surface area contributed by atoms with E-state index in [2.05, 4.69) is 61.7 Å². The molecule has 4 N–H and O–H groups in total. The Morgan fingerprint density at radius 2 is 1.40 bits per heavy atom. The highest BCUT2D eigenvalue weighted by atomic mass is 28.4. The van der Waals surface area contributed by atoms with Crippen LogP contribution in [-0.2, 0) is 57.5 Å². The Kier molecular flexibility index (Phi) is 24.3. The van der Waals surface area contributed by atoms with Gasteiger partial charge in [-0.2, -0.15) is 0 Å². The number of rotatable bonds is 25. The van der Waals surface area contributed by atoms with E-state index < -0.39 is 74.7 Å². The van der Waals surface area contributed by atoms with Crippen molar-refractivity contribution in [1.29, 1.82) is 0 Å². The summed E-state index contributed by atoms with van der Waals surface area (Å²) in [6.07, 6.45) is 2.79. The molecule has 25 heteroatoms. The Labute approximate surface area is 558 Å². The van der Waals surface area contributed by atoms with Gasteiger partial charge in [-0.15, -0.1) is 0 Å². The number of nitrogens with one attached hydrogen (secondary N) is 4. The van der Waals surface area contributed by atoms with E-state index in [1.165, 1.54) is 38.2 Å². The summed E-state index contributed by atoms with van der Waals surface area (Å²) < 4.78 is 60.8. The van der Waals surface area contributed by atoms with Crippen LogP contribution in [0.15, 0.2) is 85.5 Å². The average Bonchev–Trinajstić information content (AvgIpc) is 1.63. The number of ether oxygens (including phenoxy) is 9. The Balaban J connectivity index is 0.988. The molecular formula is C70H95N7O17Si. The summed E-state index contributed by atoms with van der Waals surface area (Å²) >= 11 is 0. The number of benzene rings is 4. The van der Waals surface area contributed by atoms with E-state index in [0.717, 1.165) is 43.2 Å². The van der Waals surface area contributed by atoms with Gasteiger partial charge in [0.25, 0.3) is 11.8 Å². The summed E-state index contributed by atoms with van der Waals surface area (Å²) in [6, 6.07) is 17.7. The Morgan fingerprint density at radius 1 is 0.726 bits per heavy atom. The molecule has 0 radical (unpaired) electrons. The Bertz CT molecular complexity index is 3400. The number of hydrogen-bond donors (Lipinski definition) is 4. The van der Waals surface area contributed by atoms with Crippen LogP contribution in [0.2, 0.25) is 18.1 Å². The molecule has 0 saturated carbocycles. The quantitative estimate of drug-likeness (QED) is 0.0273. The van der Waals surface area contributed by atoms with E-state index in [-0.39, 0.29) is 101 Å². The lowest BCUT2D eigenvalue weighted by molar-refractivity contribution is -0.195. The standard InChI is InChI=1S/C70H95N7O17Si/c1-15-32-88-67(83)74-60(43(2)3)62(79)71-44(4)61(78)72-48-28-26-45(27-29-48)39-91-66(82)73-52-37-57(55(85-11)35-50(52)63(80)75-30-19-23-49(75)42-92-95(13,14)70(8,9)10)89-40-46-21-18-22-47(34-46)41-90-58-38-54-51(36-56(58)86-12)64(81)76-31-20-24-53(76)65(93-59-25-16-17-33-87-59)77(54)68(84)94-69(5,6)7/h15,18,21-22,26-29,34-38,43-44,49,53,59-60,65H,1,16-17,19-20,23-25,30-33,39-42H2,2-14H3,(H,71,79)(H,72,78)(H,73,82)(H,74,83)/t44-,49-,53-,59?,60-,65-/m0/s1. The number of amides is 7. The SMILES string of the molecule is C=CCOC(=O)N[C@H](C(=O)N[C@@H](C)C(=O)Nc1ccc(COC(=O)Nc2cc(OCc3cccc(COc4cc5c(cc4OC)C(=O)N4CCC[C@H]4[C@H](OC4CCCCO4)N5C(=O)OC(C)(C)C)c3)c(OC)cc2C(=O)N2CCC[C@H]2CO[Si](C)(C)C(C)(C)C)cc1)C(C)C. The van der Waals surface area contributed by atoms with Crippen LogP contribution >= 0.6 is 0 Å². The highest BCUT2D eigenvalue weighted by molar-refractivity contribution is 6.74. The number of carbonyl (C=O) groups excluding carboxylic acids is 7. The van der Waals surface area contributed by atoms with Crippen LogP contribution in [-0.4, -0.2) is 149 Å². The minimum absolute atomic E-state index is 0.00798. The van der Waals surface area contributed by atoms with Crippen molar-refractivity contribution in [3.05, 3.63) is 113 Å². The summed E-state index contributed by atoms with van der Waals surface area (Å²) in [5.41, 5.74) is 2.30. The van der Waals surface area contributed by atoms with Crippen LogP contribution in [0.4, 0.5) is 31.4 Å². The zero-order chi connectivity index (χ0) is 68.9. The van der Waals surface area contributed by atoms with E-state index in [4.69, 9.17) is 47.1 Å². The molecule has 4 aliphatic rings. The molecule has 4 heterocycles. The molecule has 3 saturated heterocycles. The second-order valence-electron chi connectivity index (χ2n) is 27.1. The maximum absolute atomic E-state index is 14.9. The zero-order valence-corrected chi connectivity index (χ0v) is 58.1. The van der Waals surface area contributed by atoms with E-state index in [1.807, 2.05) is 24.3 Å². The Morgan fingerprint density at radius 3 is 2.03 bits per heavy atom. The molecule has 0 spiro atoms. The summed E-state index contributed by atoms with van der Waals surface area (Å²) in [6.45, 7) is 26.4. The summed E-state index contributed by atoms with van der Waals surface area (Å²) in [5.74, 6) is -1.03. The van der Waals surface area contributed by atoms with Crippen molar-refractivity contribution in [1.82, 2.24) is 20.4 Å². The minimum atomic E-state index is -2.18. The molecule has 4 aliphatic heterocycles. The molecule has 8 rings (SSSR count). The van der Waals surface area contributed by atoms with Gasteiger partial charge in [-0.1, -0.05) is 77.6 Å². The van der Waals surface area contributed by atoms with Gasteiger partial charge in [-0.05, 0) is 144 Å². The molecule has 6 atom stereocenters. The van der Waals surface area contributed by atoms with Gasteiger partial charge in [0.05, 0.1) is 55.4 Å². The van der Waals surface area contributed by atoms with E-state index in [1.54, 1.807) is 86.9 Å². The van der Waals surface area contributed by atoms with Crippen LogP contribution in [0.5, 0.6) is 23.0 Å². The molecule has 3 fully saturated rings. The molecule has 4 aromatic rings. The maximum atomic E-state index is 14.9. The molecule has 516 valence electrons. The lowest BCUT2D eigenvalue weighted by atomic mass is 10.0. The van der Waals surface area contributed by atoms with Crippen molar-refractivity contribution in [3.8, 4) is 23.0 Å². The van der Waals surface area contributed by atoms with E-state index in [0.29, 0.717) is 50.4 Å². The molecule has 1 unspecified atom stereocenters. The number of likely N-dealkylation sites (tertiary alicyclic amines) is 1. The first kappa shape index (κ1) is 72.4. The number of fused-ring (bicyclic) bond motifs is 2. The summed E-state index contributed by atoms with van der Waals surface area (Å²) in [4.78, 5) is 101. The largest absolute Gasteiger partial charge is 0.493 e. The highest BCUT2D eigenvalue weighted by Gasteiger charge is 2.49. The van der Waals surface area contributed by atoms with Crippen LogP contribution in [0.1, 0.15) is 145 Å². The molecule has 0 aliphatic carbocycles. The minimum Gasteiger partial charge on any atom is -0.493 e. The van der Waals surface area contributed by atoms with Crippen LogP contribution < -0.4 is 45.1 Å². The van der Waals surface area contributed by atoms with Gasteiger partial charge in [-0.25, -0.2) is 19.3 Å². The number of hydrogen-bond acceptors (Lipinski definition) is 17. The fourth-order valence-electron chi connectivity index (χ4n) is 11.3. The molecular weight excluding hydrogens is 1240 g/mol. The predicted molar refractivity (Wildman–Crippen MR) is 359 cm³/mol. The number of methoxy groups -OCH3 is 2. The Hall–Kier alpha value is -8.39. The average molecular weight is 1330 g/mol. The third kappa shape index (κ3) is 18.8. The molecule has 95 heavy (non-hydrogen) atoms. The van der Waals surface area contributed by atoms with Crippen LogP contribution in [0.25, 0.3) is 0 Å². The first-order valence-corrected chi connectivity index (χ1v) is 35.5. The first-order valence-electron chi connectivity index (χ1n) is 32.6. The second-order valence-corrected chi connectivity index (χ2v) is 31.9. The molecule has 0 aromatic heterocycles. The zero-order valence-electron chi connectivity index (χ0n) is 57.1. The van der Waals surface area contributed by atoms with Crippen LogP contribution in [0.3, 0.4) is 0 Å². The van der Waals surface area contributed by atoms with Crippen molar-refractivity contribution < 1.29 is 80.6 Å². The van der Waals surface area contributed by atoms with Gasteiger partial charge < -0.3 is 72.8 Å². The number of anilines is 3. The summed E-state index contributed by atoms with van der Waals surface area (Å²) in [5, 5.41) is 10.7.